The fourth-order valence-electron chi connectivity index (χ4n) is 1.97. The molecule has 1 aliphatic rings. The van der Waals surface area contributed by atoms with Gasteiger partial charge in [-0.3, -0.25) is 4.79 Å². The van der Waals surface area contributed by atoms with Crippen LogP contribution < -0.4 is 0 Å². The molecule has 1 rings (SSSR count). The van der Waals surface area contributed by atoms with Crippen molar-refractivity contribution in [2.75, 3.05) is 13.7 Å². The van der Waals surface area contributed by atoms with E-state index in [2.05, 4.69) is 33.9 Å². The highest BCUT2D eigenvalue weighted by Gasteiger charge is 2.48. The van der Waals surface area contributed by atoms with E-state index < -0.39 is 37.7 Å². The molecule has 0 aromatic heterocycles. The normalized spacial score (nSPS) is 24.9. The van der Waals surface area contributed by atoms with Crippen molar-refractivity contribution in [3.8, 4) is 0 Å². The Hall–Kier alpha value is -0.143. The molecule has 5 nitrogen and oxygen atoms in total. The Balaban J connectivity index is 3.00. The van der Waals surface area contributed by atoms with E-state index in [-0.39, 0.29) is 5.04 Å². The van der Waals surface area contributed by atoms with Crippen LogP contribution in [0.4, 0.5) is 0 Å². The molecule has 0 radical (unpaired) electrons. The average molecular weight is 353 g/mol. The van der Waals surface area contributed by atoms with Gasteiger partial charge in [0.25, 0.3) is 0 Å². The van der Waals surface area contributed by atoms with E-state index in [1.54, 1.807) is 0 Å². The Labute approximate surface area is 139 Å². The second kappa shape index (κ2) is 6.77. The Morgan fingerprint density at radius 2 is 1.91 bits per heavy atom. The van der Waals surface area contributed by atoms with Gasteiger partial charge in [0, 0.05) is 0 Å². The predicted octanol–water partition coefficient (Wildman–Crippen LogP) is 3.31. The van der Waals surface area contributed by atoms with E-state index in [4.69, 9.17) is 30.2 Å². The minimum atomic E-state index is -2.13. The molecule has 1 heterocycles. The zero-order valence-electron chi connectivity index (χ0n) is 14.9. The van der Waals surface area contributed by atoms with Crippen molar-refractivity contribution in [2.24, 2.45) is 0 Å². The minimum Gasteiger partial charge on any atom is -0.468 e. The molecule has 0 aromatic rings. The van der Waals surface area contributed by atoms with Crippen LogP contribution in [0.2, 0.25) is 18.1 Å². The Morgan fingerprint density at radius 1 is 1.36 bits per heavy atom. The standard InChI is InChI=1S/C15H29ClO5Si/c1-14(2,3)22(7,8)21-12(11(16)13(17)18-6)10-9-19-15(4,5)20-10/h10-12H,9H2,1-8H3/t10-,11+,12-/m1/s1. The highest BCUT2D eigenvalue weighted by Crippen LogP contribution is 2.39. The highest BCUT2D eigenvalue weighted by molar-refractivity contribution is 6.74. The van der Waals surface area contributed by atoms with Gasteiger partial charge in [0.15, 0.2) is 19.5 Å². The summed E-state index contributed by atoms with van der Waals surface area (Å²) in [6, 6.07) is 0. The van der Waals surface area contributed by atoms with Gasteiger partial charge in [-0.25, -0.2) is 0 Å². The Kier molecular flexibility index (Phi) is 6.12. The molecule has 1 saturated heterocycles. The second-order valence-corrected chi connectivity index (χ2v) is 12.9. The van der Waals surface area contributed by atoms with Crippen LogP contribution in [0.1, 0.15) is 34.6 Å². The molecule has 7 heteroatoms. The first-order valence-corrected chi connectivity index (χ1v) is 10.9. The molecule has 22 heavy (non-hydrogen) atoms. The molecule has 0 aliphatic carbocycles. The maximum Gasteiger partial charge on any atom is 0.326 e. The molecule has 3 atom stereocenters. The van der Waals surface area contributed by atoms with Crippen molar-refractivity contribution in [2.45, 2.75) is 76.1 Å². The number of alkyl halides is 1. The summed E-state index contributed by atoms with van der Waals surface area (Å²) < 4.78 is 22.6. The van der Waals surface area contributed by atoms with Gasteiger partial charge in [0.05, 0.1) is 13.7 Å². The SMILES string of the molecule is COC(=O)[C@@H](Cl)[C@H](O[Si](C)(C)C(C)(C)C)[C@H]1COC(C)(C)O1. The summed E-state index contributed by atoms with van der Waals surface area (Å²) in [5, 5.41) is -0.936. The summed E-state index contributed by atoms with van der Waals surface area (Å²) >= 11 is 6.31. The van der Waals surface area contributed by atoms with Gasteiger partial charge in [0.1, 0.15) is 12.2 Å². The summed E-state index contributed by atoms with van der Waals surface area (Å²) in [5.74, 6) is -1.22. The predicted molar refractivity (Wildman–Crippen MR) is 88.6 cm³/mol. The van der Waals surface area contributed by atoms with Gasteiger partial charge >= 0.3 is 5.97 Å². The maximum atomic E-state index is 11.9. The zero-order valence-corrected chi connectivity index (χ0v) is 16.6. The number of hydrogen-bond acceptors (Lipinski definition) is 5. The number of ether oxygens (including phenoxy) is 3. The third kappa shape index (κ3) is 4.68. The smallest absolute Gasteiger partial charge is 0.326 e. The number of methoxy groups -OCH3 is 1. The van der Waals surface area contributed by atoms with Crippen LogP contribution in [0.5, 0.6) is 0 Å². The summed E-state index contributed by atoms with van der Waals surface area (Å²) in [6.45, 7) is 14.6. The fraction of sp³-hybridized carbons (Fsp3) is 0.933. The van der Waals surface area contributed by atoms with Crippen molar-refractivity contribution < 1.29 is 23.4 Å². The number of hydrogen-bond donors (Lipinski definition) is 0. The van der Waals surface area contributed by atoms with Crippen LogP contribution in [-0.2, 0) is 23.4 Å². The monoisotopic (exact) mass is 352 g/mol. The minimum absolute atomic E-state index is 0.00699. The van der Waals surface area contributed by atoms with Crippen molar-refractivity contribution in [1.29, 1.82) is 0 Å². The number of carbonyl (C=O) groups is 1. The van der Waals surface area contributed by atoms with E-state index in [9.17, 15) is 4.79 Å². The summed E-state index contributed by atoms with van der Waals surface area (Å²) in [5.41, 5.74) is 0. The number of rotatable bonds is 5. The van der Waals surface area contributed by atoms with Crippen molar-refractivity contribution >= 4 is 25.9 Å². The zero-order chi connectivity index (χ0) is 17.3. The molecule has 0 spiro atoms. The molecular weight excluding hydrogens is 324 g/mol. The fourth-order valence-corrected chi connectivity index (χ4v) is 3.68. The van der Waals surface area contributed by atoms with E-state index >= 15 is 0 Å². The molecule has 1 aliphatic heterocycles. The van der Waals surface area contributed by atoms with Crippen LogP contribution >= 0.6 is 11.6 Å². The third-order valence-electron chi connectivity index (χ3n) is 4.35. The van der Waals surface area contributed by atoms with Crippen molar-refractivity contribution in [1.82, 2.24) is 0 Å². The summed E-state index contributed by atoms with van der Waals surface area (Å²) in [4.78, 5) is 11.9. The maximum absolute atomic E-state index is 11.9. The molecule has 1 fully saturated rings. The molecule has 0 saturated carbocycles. The number of halogens is 1. The van der Waals surface area contributed by atoms with Gasteiger partial charge < -0.3 is 18.6 Å². The third-order valence-corrected chi connectivity index (χ3v) is 9.25. The van der Waals surface area contributed by atoms with Crippen LogP contribution in [-0.4, -0.2) is 51.4 Å². The molecule has 0 bridgehead atoms. The van der Waals surface area contributed by atoms with Crippen molar-refractivity contribution in [3.05, 3.63) is 0 Å². The molecule has 0 aromatic carbocycles. The first kappa shape index (κ1) is 19.9. The molecular formula is C15H29ClO5Si. The van der Waals surface area contributed by atoms with Crippen LogP contribution in [0.3, 0.4) is 0 Å². The first-order chi connectivity index (χ1) is 9.81. The second-order valence-electron chi connectivity index (χ2n) is 7.63. The van der Waals surface area contributed by atoms with Crippen molar-refractivity contribution in [3.63, 3.8) is 0 Å². The first-order valence-electron chi connectivity index (χ1n) is 7.52. The van der Waals surface area contributed by atoms with Gasteiger partial charge in [0.2, 0.25) is 0 Å². The lowest BCUT2D eigenvalue weighted by Gasteiger charge is -2.41. The lowest BCUT2D eigenvalue weighted by atomic mass is 10.1. The Morgan fingerprint density at radius 3 is 2.27 bits per heavy atom. The van der Waals surface area contributed by atoms with E-state index in [0.717, 1.165) is 0 Å². The van der Waals surface area contributed by atoms with Crippen LogP contribution in [0.25, 0.3) is 0 Å². The molecule has 0 unspecified atom stereocenters. The topological polar surface area (TPSA) is 54.0 Å². The average Bonchev–Trinajstić information content (AvgIpc) is 2.73. The van der Waals surface area contributed by atoms with Gasteiger partial charge in [-0.1, -0.05) is 20.8 Å². The molecule has 130 valence electrons. The lowest BCUT2D eigenvalue weighted by Crippen LogP contribution is -2.52. The largest absolute Gasteiger partial charge is 0.468 e. The molecule has 0 amide bonds. The number of esters is 1. The van der Waals surface area contributed by atoms with Gasteiger partial charge in [-0.15, -0.1) is 11.6 Å². The summed E-state index contributed by atoms with van der Waals surface area (Å²) in [7, 11) is -0.815. The highest BCUT2D eigenvalue weighted by atomic mass is 35.5. The molecule has 0 N–H and O–H groups in total. The van der Waals surface area contributed by atoms with E-state index in [1.165, 1.54) is 7.11 Å². The summed E-state index contributed by atoms with van der Waals surface area (Å²) in [6.07, 6.45) is -0.998. The van der Waals surface area contributed by atoms with Crippen LogP contribution in [0.15, 0.2) is 0 Å². The van der Waals surface area contributed by atoms with Gasteiger partial charge in [-0.2, -0.15) is 0 Å². The van der Waals surface area contributed by atoms with Gasteiger partial charge in [-0.05, 0) is 32.0 Å². The van der Waals surface area contributed by atoms with Crippen LogP contribution in [0, 0.1) is 0 Å². The Bertz CT molecular complexity index is 405. The number of carbonyl (C=O) groups excluding carboxylic acids is 1. The quantitative estimate of drug-likeness (QED) is 0.431. The van der Waals surface area contributed by atoms with E-state index in [0.29, 0.717) is 6.61 Å². The van der Waals surface area contributed by atoms with E-state index in [1.807, 2.05) is 13.8 Å². The lowest BCUT2D eigenvalue weighted by molar-refractivity contribution is -0.156.